The number of aromatic hydroxyl groups is 1. The molecular formula is C27H33NO7. The average molecular weight is 484 g/mol. The first-order chi connectivity index (χ1) is 16.9. The second-order valence-electron chi connectivity index (χ2n) is 9.42. The van der Waals surface area contributed by atoms with E-state index in [2.05, 4.69) is 17.7 Å². The first kappa shape index (κ1) is 25.1. The Hall–Kier alpha value is -2.97. The van der Waals surface area contributed by atoms with Crippen molar-refractivity contribution in [1.29, 1.82) is 0 Å². The van der Waals surface area contributed by atoms with Crippen LogP contribution in [0.15, 0.2) is 41.0 Å². The smallest absolute Gasteiger partial charge is 0.423 e. The highest BCUT2D eigenvalue weighted by atomic mass is 16.5. The molecule has 1 N–H and O–H groups in total. The number of fused-ring (bicyclic) bond motifs is 3. The number of hydrogen-bond donors (Lipinski definition) is 1. The summed E-state index contributed by atoms with van der Waals surface area (Å²) in [4.78, 5) is 38.8. The fourth-order valence-electron chi connectivity index (χ4n) is 5.81. The van der Waals surface area contributed by atoms with Crippen LogP contribution in [0.25, 0.3) is 6.08 Å². The lowest BCUT2D eigenvalue weighted by Gasteiger charge is -2.31. The van der Waals surface area contributed by atoms with E-state index in [4.69, 9.17) is 9.47 Å². The van der Waals surface area contributed by atoms with Crippen LogP contribution in [0.2, 0.25) is 0 Å². The van der Waals surface area contributed by atoms with Crippen molar-refractivity contribution in [3.8, 4) is 5.75 Å². The van der Waals surface area contributed by atoms with Gasteiger partial charge in [-0.15, -0.1) is 0 Å². The van der Waals surface area contributed by atoms with Gasteiger partial charge < -0.3 is 19.3 Å². The minimum Gasteiger partial charge on any atom is -0.508 e. The summed E-state index contributed by atoms with van der Waals surface area (Å²) in [6.07, 6.45) is 4.87. The molecule has 188 valence electrons. The van der Waals surface area contributed by atoms with Gasteiger partial charge in [0.25, 0.3) is 0 Å². The highest BCUT2D eigenvalue weighted by Crippen LogP contribution is 2.50. The second kappa shape index (κ2) is 10.7. The SMILES string of the molecule is CCC/C(=C\c1cccc(O)c1)CC[C@H]1OC[C@H]2C1=C(COC)C[C@H]1C(=O)N(C(=O)OC)C(=O)[C@H]12. The Kier molecular flexibility index (Phi) is 7.72. The molecule has 0 aromatic heterocycles. The van der Waals surface area contributed by atoms with Crippen molar-refractivity contribution in [2.45, 2.75) is 45.1 Å². The summed E-state index contributed by atoms with van der Waals surface area (Å²) in [5, 5.41) is 9.80. The summed E-state index contributed by atoms with van der Waals surface area (Å²) in [5.41, 5.74) is 4.26. The number of hydrogen-bond acceptors (Lipinski definition) is 7. The quantitative estimate of drug-likeness (QED) is 0.439. The van der Waals surface area contributed by atoms with Gasteiger partial charge in [-0.2, -0.15) is 4.90 Å². The van der Waals surface area contributed by atoms with Crippen molar-refractivity contribution >= 4 is 24.0 Å². The monoisotopic (exact) mass is 483 g/mol. The van der Waals surface area contributed by atoms with E-state index in [0.29, 0.717) is 24.5 Å². The molecule has 0 radical (unpaired) electrons. The van der Waals surface area contributed by atoms with Crippen LogP contribution >= 0.6 is 0 Å². The van der Waals surface area contributed by atoms with Gasteiger partial charge in [-0.25, -0.2) is 4.79 Å². The molecule has 0 saturated carbocycles. The van der Waals surface area contributed by atoms with Gasteiger partial charge in [0.05, 0.1) is 38.3 Å². The van der Waals surface area contributed by atoms with Gasteiger partial charge >= 0.3 is 6.09 Å². The molecule has 1 aromatic rings. The maximum atomic E-state index is 13.1. The molecule has 2 saturated heterocycles. The molecule has 8 nitrogen and oxygen atoms in total. The average Bonchev–Trinajstić information content (AvgIpc) is 3.36. The standard InChI is InChI=1S/C27H33NO7/c1-4-6-16(11-17-7-5-8-19(29)12-17)9-10-22-23-18(14-33-2)13-20-24(21(23)15-35-22)26(31)28(25(20)30)27(32)34-3/h5,7-8,11-12,20-22,24,29H,4,6,9-10,13-15H2,1-3H3/b16-11+/t20-,21+,22-,24-/m1/s1. The summed E-state index contributed by atoms with van der Waals surface area (Å²) < 4.78 is 16.3. The number of methoxy groups -OCH3 is 2. The number of benzene rings is 1. The third kappa shape index (κ3) is 4.90. The molecule has 1 aliphatic carbocycles. The minimum atomic E-state index is -0.930. The van der Waals surface area contributed by atoms with E-state index in [1.54, 1.807) is 19.2 Å². The van der Waals surface area contributed by atoms with Gasteiger partial charge in [0.2, 0.25) is 11.8 Å². The molecule has 8 heteroatoms. The number of imide groups is 3. The van der Waals surface area contributed by atoms with Crippen LogP contribution in [0.4, 0.5) is 4.79 Å². The Bertz CT molecular complexity index is 1060. The molecule has 4 rings (SSSR count). The van der Waals surface area contributed by atoms with Crippen LogP contribution in [0, 0.1) is 17.8 Å². The molecule has 4 atom stereocenters. The van der Waals surface area contributed by atoms with Crippen molar-refractivity contribution in [2.75, 3.05) is 27.4 Å². The van der Waals surface area contributed by atoms with Crippen molar-refractivity contribution in [3.05, 3.63) is 46.5 Å². The zero-order valence-corrected chi connectivity index (χ0v) is 20.5. The fraction of sp³-hybridized carbons (Fsp3) is 0.519. The lowest BCUT2D eigenvalue weighted by molar-refractivity contribution is -0.137. The van der Waals surface area contributed by atoms with Crippen molar-refractivity contribution in [2.24, 2.45) is 17.8 Å². The molecule has 2 heterocycles. The topological polar surface area (TPSA) is 102 Å². The number of ether oxygens (including phenoxy) is 3. The number of likely N-dealkylation sites (tertiary alicyclic amines) is 1. The summed E-state index contributed by atoms with van der Waals surface area (Å²) in [6, 6.07) is 7.19. The third-order valence-electron chi connectivity index (χ3n) is 7.22. The zero-order chi connectivity index (χ0) is 25.1. The van der Waals surface area contributed by atoms with E-state index in [0.717, 1.165) is 49.5 Å². The van der Waals surface area contributed by atoms with Gasteiger partial charge in [0.1, 0.15) is 5.75 Å². The van der Waals surface area contributed by atoms with Gasteiger partial charge in [-0.1, -0.05) is 37.1 Å². The minimum absolute atomic E-state index is 0.175. The van der Waals surface area contributed by atoms with Crippen molar-refractivity contribution < 1.29 is 33.7 Å². The van der Waals surface area contributed by atoms with Gasteiger partial charge in [-0.3, -0.25) is 9.59 Å². The largest absolute Gasteiger partial charge is 0.508 e. The predicted octanol–water partition coefficient (Wildman–Crippen LogP) is 4.09. The molecule has 0 bridgehead atoms. The third-order valence-corrected chi connectivity index (χ3v) is 7.22. The molecule has 2 fully saturated rings. The van der Waals surface area contributed by atoms with Crippen LogP contribution in [-0.4, -0.2) is 61.5 Å². The molecular weight excluding hydrogens is 450 g/mol. The van der Waals surface area contributed by atoms with E-state index in [1.807, 2.05) is 12.1 Å². The van der Waals surface area contributed by atoms with E-state index in [1.165, 1.54) is 5.57 Å². The predicted molar refractivity (Wildman–Crippen MR) is 128 cm³/mol. The maximum absolute atomic E-state index is 13.1. The van der Waals surface area contributed by atoms with Crippen molar-refractivity contribution in [1.82, 2.24) is 4.90 Å². The van der Waals surface area contributed by atoms with Gasteiger partial charge in [-0.05, 0) is 54.5 Å². The Labute approximate surface area is 205 Å². The van der Waals surface area contributed by atoms with Crippen LogP contribution < -0.4 is 0 Å². The lowest BCUT2D eigenvalue weighted by Crippen LogP contribution is -2.38. The Morgan fingerprint density at radius 3 is 2.69 bits per heavy atom. The van der Waals surface area contributed by atoms with Crippen LogP contribution in [0.1, 0.15) is 44.6 Å². The summed E-state index contributed by atoms with van der Waals surface area (Å²) in [6.45, 7) is 2.83. The van der Waals surface area contributed by atoms with Gasteiger partial charge in [0.15, 0.2) is 0 Å². The number of nitrogens with zero attached hydrogens (tertiary/aromatic N) is 1. The van der Waals surface area contributed by atoms with Crippen LogP contribution in [0.3, 0.4) is 0 Å². The Morgan fingerprint density at radius 1 is 1.20 bits per heavy atom. The van der Waals surface area contributed by atoms with E-state index >= 15 is 0 Å². The van der Waals surface area contributed by atoms with Crippen molar-refractivity contribution in [3.63, 3.8) is 0 Å². The number of carbonyl (C=O) groups excluding carboxylic acids is 3. The number of carbonyl (C=O) groups is 3. The summed E-state index contributed by atoms with van der Waals surface area (Å²) in [7, 11) is 2.77. The second-order valence-corrected chi connectivity index (χ2v) is 9.42. The zero-order valence-electron chi connectivity index (χ0n) is 20.5. The molecule has 0 unspecified atom stereocenters. The van der Waals surface area contributed by atoms with Gasteiger partial charge in [0, 0.05) is 13.0 Å². The normalized spacial score (nSPS) is 26.3. The molecule has 2 aliphatic heterocycles. The maximum Gasteiger partial charge on any atom is 0.423 e. The first-order valence-corrected chi connectivity index (χ1v) is 12.2. The Morgan fingerprint density at radius 2 is 2.00 bits per heavy atom. The van der Waals surface area contributed by atoms with E-state index < -0.39 is 29.7 Å². The number of allylic oxidation sites excluding steroid dienone is 1. The number of phenolic OH excluding ortho intramolecular Hbond substituents is 1. The highest BCUT2D eigenvalue weighted by Gasteiger charge is 2.58. The van der Waals surface area contributed by atoms with E-state index in [9.17, 15) is 19.5 Å². The Balaban J connectivity index is 1.57. The molecule has 3 amide bonds. The number of rotatable bonds is 8. The number of amides is 3. The summed E-state index contributed by atoms with van der Waals surface area (Å²) in [5.74, 6) is -2.21. The first-order valence-electron chi connectivity index (χ1n) is 12.2. The number of phenols is 1. The molecule has 35 heavy (non-hydrogen) atoms. The molecule has 0 spiro atoms. The summed E-state index contributed by atoms with van der Waals surface area (Å²) >= 11 is 0. The van der Waals surface area contributed by atoms with Crippen LogP contribution in [-0.2, 0) is 23.8 Å². The molecule has 3 aliphatic rings. The molecule has 1 aromatic carbocycles. The highest BCUT2D eigenvalue weighted by molar-refractivity contribution is 6.16. The lowest BCUT2D eigenvalue weighted by atomic mass is 9.69. The fourth-order valence-corrected chi connectivity index (χ4v) is 5.81. The van der Waals surface area contributed by atoms with E-state index in [-0.39, 0.29) is 17.8 Å². The van der Waals surface area contributed by atoms with Crippen LogP contribution in [0.5, 0.6) is 5.75 Å².